The molecule has 0 bridgehead atoms. The zero-order valence-electron chi connectivity index (χ0n) is 16.5. The van der Waals surface area contributed by atoms with Crippen molar-refractivity contribution in [1.82, 2.24) is 14.9 Å². The Morgan fingerprint density at radius 2 is 2.07 bits per heavy atom. The highest BCUT2D eigenvalue weighted by atomic mass is 79.9. The van der Waals surface area contributed by atoms with Crippen LogP contribution in [0.3, 0.4) is 0 Å². The number of hydrogen-bond acceptors (Lipinski definition) is 5. The lowest BCUT2D eigenvalue weighted by atomic mass is 10.1. The van der Waals surface area contributed by atoms with Gasteiger partial charge in [0, 0.05) is 24.0 Å². The summed E-state index contributed by atoms with van der Waals surface area (Å²) in [6.45, 7) is 4.96. The van der Waals surface area contributed by atoms with Gasteiger partial charge in [-0.3, -0.25) is 4.79 Å². The Morgan fingerprint density at radius 3 is 2.79 bits per heavy atom. The number of hydrogen-bond donors (Lipinski definition) is 1. The predicted octanol–water partition coefficient (Wildman–Crippen LogP) is 4.05. The van der Waals surface area contributed by atoms with E-state index in [4.69, 9.17) is 4.74 Å². The van der Waals surface area contributed by atoms with Crippen LogP contribution < -0.4 is 10.1 Å². The van der Waals surface area contributed by atoms with Gasteiger partial charge in [0.2, 0.25) is 5.91 Å². The van der Waals surface area contributed by atoms with Crippen LogP contribution in [0.2, 0.25) is 0 Å². The van der Waals surface area contributed by atoms with Crippen LogP contribution in [0.5, 0.6) is 5.75 Å². The van der Waals surface area contributed by atoms with E-state index in [1.165, 1.54) is 6.08 Å². The molecule has 0 aliphatic rings. The summed E-state index contributed by atoms with van der Waals surface area (Å²) in [5, 5.41) is 3.68. The van der Waals surface area contributed by atoms with Crippen LogP contribution >= 0.6 is 15.9 Å². The number of benzene rings is 2. The maximum atomic E-state index is 11.6. The van der Waals surface area contributed by atoms with Gasteiger partial charge in [0.05, 0.1) is 15.7 Å². The summed E-state index contributed by atoms with van der Waals surface area (Å²) >= 11 is 3.60. The van der Waals surface area contributed by atoms with Crippen molar-refractivity contribution in [3.05, 3.63) is 71.1 Å². The third-order valence-electron chi connectivity index (χ3n) is 4.33. The predicted molar refractivity (Wildman–Crippen MR) is 119 cm³/mol. The minimum absolute atomic E-state index is 0.253. The van der Waals surface area contributed by atoms with Gasteiger partial charge < -0.3 is 15.0 Å². The molecule has 0 saturated carbocycles. The van der Waals surface area contributed by atoms with Crippen molar-refractivity contribution in [2.45, 2.75) is 6.42 Å². The van der Waals surface area contributed by atoms with Crippen molar-refractivity contribution in [1.29, 1.82) is 0 Å². The number of anilines is 1. The molecule has 3 rings (SSSR count). The Kier molecular flexibility index (Phi) is 6.95. The molecule has 0 unspecified atom stereocenters. The van der Waals surface area contributed by atoms with Gasteiger partial charge in [-0.1, -0.05) is 12.6 Å². The van der Waals surface area contributed by atoms with Gasteiger partial charge in [-0.05, 0) is 72.0 Å². The third-order valence-corrected chi connectivity index (χ3v) is 4.95. The molecule has 7 heteroatoms. The second kappa shape index (κ2) is 9.62. The molecule has 0 spiro atoms. The largest absolute Gasteiger partial charge is 0.491 e. The number of likely N-dealkylation sites (N-methyl/N-ethyl adjacent to an activating group) is 1. The number of nitrogens with zero attached hydrogens (tertiary/aromatic N) is 3. The minimum atomic E-state index is -0.253. The molecule has 1 heterocycles. The highest BCUT2D eigenvalue weighted by Crippen LogP contribution is 2.28. The average molecular weight is 455 g/mol. The first-order valence-corrected chi connectivity index (χ1v) is 9.98. The monoisotopic (exact) mass is 454 g/mol. The van der Waals surface area contributed by atoms with Crippen LogP contribution in [-0.4, -0.2) is 48.0 Å². The number of aromatic nitrogens is 2. The molecule has 0 radical (unpaired) electrons. The normalized spacial score (nSPS) is 10.9. The summed E-state index contributed by atoms with van der Waals surface area (Å²) in [5.41, 5.74) is 3.49. The van der Waals surface area contributed by atoms with Crippen LogP contribution in [0.15, 0.2) is 59.9 Å². The Hall–Kier alpha value is -2.77. The lowest BCUT2D eigenvalue weighted by Crippen LogP contribution is -2.19. The van der Waals surface area contributed by atoms with Gasteiger partial charge in [-0.2, -0.15) is 0 Å². The first kappa shape index (κ1) is 21.0. The number of nitrogens with one attached hydrogen (secondary N) is 1. The van der Waals surface area contributed by atoms with Crippen molar-refractivity contribution in [3.63, 3.8) is 0 Å². The fraction of sp³-hybridized carbons (Fsp3) is 0.227. The molecule has 2 aromatic carbocycles. The maximum absolute atomic E-state index is 11.6. The molecule has 0 fully saturated rings. The van der Waals surface area contributed by atoms with Crippen LogP contribution in [0.25, 0.3) is 10.9 Å². The molecule has 1 amide bonds. The van der Waals surface area contributed by atoms with Crippen molar-refractivity contribution >= 4 is 38.4 Å². The van der Waals surface area contributed by atoms with E-state index in [-0.39, 0.29) is 5.91 Å². The Morgan fingerprint density at radius 1 is 1.24 bits per heavy atom. The van der Waals surface area contributed by atoms with Gasteiger partial charge in [-0.15, -0.1) is 0 Å². The van der Waals surface area contributed by atoms with Crippen molar-refractivity contribution in [2.24, 2.45) is 0 Å². The van der Waals surface area contributed by atoms with Crippen LogP contribution in [0.1, 0.15) is 11.3 Å². The number of ether oxygens (including phenoxy) is 1. The fourth-order valence-electron chi connectivity index (χ4n) is 2.82. The number of fused-ring (bicyclic) bond motifs is 1. The maximum Gasteiger partial charge on any atom is 0.247 e. The highest BCUT2D eigenvalue weighted by Gasteiger charge is 2.09. The van der Waals surface area contributed by atoms with Gasteiger partial charge in [-0.25, -0.2) is 9.97 Å². The van der Waals surface area contributed by atoms with Gasteiger partial charge >= 0.3 is 0 Å². The summed E-state index contributed by atoms with van der Waals surface area (Å²) < 4.78 is 6.73. The van der Waals surface area contributed by atoms with Crippen molar-refractivity contribution < 1.29 is 9.53 Å². The summed E-state index contributed by atoms with van der Waals surface area (Å²) in [6.07, 6.45) is 3.44. The van der Waals surface area contributed by atoms with Crippen molar-refractivity contribution in [3.8, 4) is 5.75 Å². The Bertz CT molecular complexity index is 1040. The van der Waals surface area contributed by atoms with Crippen LogP contribution in [0, 0.1) is 0 Å². The molecule has 1 N–H and O–H groups in total. The quantitative estimate of drug-likeness (QED) is 0.520. The van der Waals surface area contributed by atoms with E-state index in [1.807, 2.05) is 50.5 Å². The van der Waals surface area contributed by atoms with Gasteiger partial charge in [0.1, 0.15) is 18.7 Å². The number of amides is 1. The van der Waals surface area contributed by atoms with E-state index in [0.29, 0.717) is 18.7 Å². The van der Waals surface area contributed by atoms with E-state index in [9.17, 15) is 4.79 Å². The smallest absolute Gasteiger partial charge is 0.247 e. The highest BCUT2D eigenvalue weighted by molar-refractivity contribution is 9.10. The van der Waals surface area contributed by atoms with E-state index in [0.717, 1.165) is 38.9 Å². The molecule has 0 aliphatic carbocycles. The van der Waals surface area contributed by atoms with Gasteiger partial charge in [0.15, 0.2) is 0 Å². The first-order valence-electron chi connectivity index (χ1n) is 9.19. The summed E-state index contributed by atoms with van der Waals surface area (Å²) in [5.74, 6) is 0.564. The molecule has 0 aliphatic heterocycles. The molecule has 3 aromatic rings. The summed E-state index contributed by atoms with van der Waals surface area (Å²) in [4.78, 5) is 22.5. The van der Waals surface area contributed by atoms with Crippen LogP contribution in [-0.2, 0) is 11.2 Å². The van der Waals surface area contributed by atoms with Crippen LogP contribution in [0.4, 0.5) is 5.69 Å². The summed E-state index contributed by atoms with van der Waals surface area (Å²) in [7, 11) is 4.03. The molecule has 0 atom stereocenters. The number of halogens is 1. The topological polar surface area (TPSA) is 67.3 Å². The molecule has 0 saturated heterocycles. The zero-order valence-corrected chi connectivity index (χ0v) is 18.1. The molecular weight excluding hydrogens is 432 g/mol. The Balaban J connectivity index is 1.82. The molecule has 1 aromatic heterocycles. The fourth-order valence-corrected chi connectivity index (χ4v) is 3.37. The first-order chi connectivity index (χ1) is 14.0. The van der Waals surface area contributed by atoms with Crippen molar-refractivity contribution in [2.75, 3.05) is 32.6 Å². The molecule has 29 heavy (non-hydrogen) atoms. The second-order valence-electron chi connectivity index (χ2n) is 6.84. The SMILES string of the molecule is C=CC(=O)Nc1ccc2ncnc(Cc3ccc(OCCN(C)C)c(Br)c3)c2c1. The van der Waals surface area contributed by atoms with E-state index >= 15 is 0 Å². The Labute approximate surface area is 178 Å². The number of rotatable bonds is 8. The molecular formula is C22H23BrN4O2. The van der Waals surface area contributed by atoms with E-state index < -0.39 is 0 Å². The number of carbonyl (C=O) groups excluding carboxylic acids is 1. The zero-order chi connectivity index (χ0) is 20.8. The van der Waals surface area contributed by atoms with E-state index in [2.05, 4.69) is 42.7 Å². The standard InChI is InChI=1S/C22H23BrN4O2/c1-4-22(28)26-16-6-7-19-17(13-16)20(25-14-24-19)12-15-5-8-21(18(23)11-15)29-10-9-27(2)3/h4-8,11,13-14H,1,9-10,12H2,2-3H3,(H,26,28). The average Bonchev–Trinajstić information content (AvgIpc) is 2.69. The molecule has 6 nitrogen and oxygen atoms in total. The lowest BCUT2D eigenvalue weighted by molar-refractivity contribution is -0.111. The molecule has 150 valence electrons. The van der Waals surface area contributed by atoms with E-state index in [1.54, 1.807) is 6.33 Å². The lowest BCUT2D eigenvalue weighted by Gasteiger charge is -2.13. The minimum Gasteiger partial charge on any atom is -0.491 e. The second-order valence-corrected chi connectivity index (χ2v) is 7.69. The van der Waals surface area contributed by atoms with Gasteiger partial charge in [0.25, 0.3) is 0 Å². The summed E-state index contributed by atoms with van der Waals surface area (Å²) in [6, 6.07) is 11.6. The third kappa shape index (κ3) is 5.62. The number of carbonyl (C=O) groups is 1.